The fourth-order valence-electron chi connectivity index (χ4n) is 1.93. The third kappa shape index (κ3) is 2.64. The summed E-state index contributed by atoms with van der Waals surface area (Å²) in [5.41, 5.74) is 3.00. The Bertz CT molecular complexity index is 860. The number of hydrogen-bond donors (Lipinski definition) is 2. The highest BCUT2D eigenvalue weighted by molar-refractivity contribution is 6.36. The van der Waals surface area contributed by atoms with Gasteiger partial charge in [0, 0.05) is 17.1 Å². The van der Waals surface area contributed by atoms with E-state index in [-0.39, 0.29) is 11.5 Å². The number of fused-ring (bicyclic) bond motifs is 1. The first-order chi connectivity index (χ1) is 10.7. The summed E-state index contributed by atoms with van der Waals surface area (Å²) in [7, 11) is 0. The number of carbonyl (C=O) groups is 1. The molecule has 7 heteroatoms. The molecule has 0 aliphatic rings. The molecule has 0 fully saturated rings. The number of phenolic OH excluding ortho intramolecular Hbond substituents is 1. The summed E-state index contributed by atoms with van der Waals surface area (Å²) in [6, 6.07) is 8.14. The highest BCUT2D eigenvalue weighted by atomic mass is 35.5. The lowest BCUT2D eigenvalue weighted by molar-refractivity contribution is 0.0927. The van der Waals surface area contributed by atoms with Crippen LogP contribution in [0, 0.1) is 0 Å². The molecule has 22 heavy (non-hydrogen) atoms. The van der Waals surface area contributed by atoms with Gasteiger partial charge >= 0.3 is 5.91 Å². The van der Waals surface area contributed by atoms with Crippen molar-refractivity contribution in [2.24, 2.45) is 5.10 Å². The average Bonchev–Trinajstić information content (AvgIpc) is 3.06. The minimum absolute atomic E-state index is 0.0593. The van der Waals surface area contributed by atoms with Gasteiger partial charge in [-0.05, 0) is 30.3 Å². The van der Waals surface area contributed by atoms with Crippen LogP contribution in [0.25, 0.3) is 10.9 Å². The second-order valence-electron chi connectivity index (χ2n) is 4.37. The van der Waals surface area contributed by atoms with Gasteiger partial charge in [0.1, 0.15) is 5.52 Å². The third-order valence-electron chi connectivity index (χ3n) is 2.96. The molecule has 2 aromatic heterocycles. The molecule has 2 N–H and O–H groups in total. The Hall–Kier alpha value is -2.86. The molecule has 0 atom stereocenters. The first kappa shape index (κ1) is 14.1. The number of carbonyl (C=O) groups excluding carboxylic acids is 1. The van der Waals surface area contributed by atoms with Crippen LogP contribution in [0.2, 0.25) is 5.02 Å². The van der Waals surface area contributed by atoms with Crippen molar-refractivity contribution in [2.75, 3.05) is 0 Å². The van der Waals surface area contributed by atoms with Gasteiger partial charge in [-0.25, -0.2) is 5.43 Å². The van der Waals surface area contributed by atoms with E-state index in [4.69, 9.17) is 16.0 Å². The number of aromatic hydroxyl groups is 1. The maximum Gasteiger partial charge on any atom is 0.307 e. The van der Waals surface area contributed by atoms with Gasteiger partial charge < -0.3 is 9.52 Å². The molecule has 6 nitrogen and oxygen atoms in total. The number of hydrazone groups is 1. The summed E-state index contributed by atoms with van der Waals surface area (Å²) in [4.78, 5) is 15.7. The van der Waals surface area contributed by atoms with Crippen LogP contribution in [0.1, 0.15) is 16.1 Å². The Morgan fingerprint density at radius 2 is 2.27 bits per heavy atom. The van der Waals surface area contributed by atoms with Gasteiger partial charge in [-0.3, -0.25) is 9.78 Å². The lowest BCUT2D eigenvalue weighted by atomic mass is 10.1. The van der Waals surface area contributed by atoms with Crippen molar-refractivity contribution in [3.63, 3.8) is 0 Å². The van der Waals surface area contributed by atoms with E-state index in [2.05, 4.69) is 15.5 Å². The molecule has 3 rings (SSSR count). The molecular weight excluding hydrogens is 306 g/mol. The minimum Gasteiger partial charge on any atom is -0.505 e. The van der Waals surface area contributed by atoms with E-state index in [1.807, 2.05) is 0 Å². The summed E-state index contributed by atoms with van der Waals surface area (Å²) in [5, 5.41) is 15.0. The Balaban J connectivity index is 1.86. The molecule has 110 valence electrons. The van der Waals surface area contributed by atoms with Crippen LogP contribution in [0.4, 0.5) is 0 Å². The Morgan fingerprint density at radius 1 is 1.41 bits per heavy atom. The van der Waals surface area contributed by atoms with Gasteiger partial charge in [-0.2, -0.15) is 5.10 Å². The lowest BCUT2D eigenvalue weighted by Gasteiger charge is -2.05. The quantitative estimate of drug-likeness (QED) is 0.574. The number of aromatic nitrogens is 1. The molecule has 3 aromatic rings. The van der Waals surface area contributed by atoms with E-state index < -0.39 is 5.91 Å². The second kappa shape index (κ2) is 5.87. The monoisotopic (exact) mass is 315 g/mol. The van der Waals surface area contributed by atoms with Crippen LogP contribution in [0.3, 0.4) is 0 Å². The molecular formula is C15H10ClN3O3. The molecule has 1 amide bonds. The number of hydrogen-bond acceptors (Lipinski definition) is 5. The van der Waals surface area contributed by atoms with Crippen molar-refractivity contribution < 1.29 is 14.3 Å². The standard InChI is InChI=1S/C15H10ClN3O3/c16-11-7-9(14(20)13-10(11)3-1-5-17-13)8-18-19-15(21)12-4-2-6-22-12/h1-8,20H,(H,19,21)/b18-8-. The Morgan fingerprint density at radius 3 is 3.05 bits per heavy atom. The minimum atomic E-state index is -0.495. The van der Waals surface area contributed by atoms with Crippen LogP contribution in [-0.2, 0) is 0 Å². The molecule has 2 heterocycles. The van der Waals surface area contributed by atoms with Crippen LogP contribution in [0.15, 0.2) is 52.3 Å². The number of pyridine rings is 1. The topological polar surface area (TPSA) is 87.7 Å². The zero-order valence-electron chi connectivity index (χ0n) is 11.2. The smallest absolute Gasteiger partial charge is 0.307 e. The molecule has 0 aliphatic carbocycles. The van der Waals surface area contributed by atoms with Gasteiger partial charge in [-0.1, -0.05) is 11.6 Å². The van der Waals surface area contributed by atoms with E-state index in [1.165, 1.54) is 18.5 Å². The van der Waals surface area contributed by atoms with Gasteiger partial charge in [0.2, 0.25) is 0 Å². The zero-order valence-corrected chi connectivity index (χ0v) is 11.9. The largest absolute Gasteiger partial charge is 0.505 e. The van der Waals surface area contributed by atoms with E-state index >= 15 is 0 Å². The molecule has 0 radical (unpaired) electrons. The van der Waals surface area contributed by atoms with Crippen molar-refractivity contribution in [3.8, 4) is 5.75 Å². The zero-order chi connectivity index (χ0) is 15.5. The van der Waals surface area contributed by atoms with Crippen molar-refractivity contribution in [1.82, 2.24) is 10.4 Å². The second-order valence-corrected chi connectivity index (χ2v) is 4.78. The first-order valence-electron chi connectivity index (χ1n) is 6.30. The van der Waals surface area contributed by atoms with E-state index in [9.17, 15) is 9.90 Å². The van der Waals surface area contributed by atoms with Crippen LogP contribution in [-0.4, -0.2) is 22.2 Å². The molecule has 0 bridgehead atoms. The Kier molecular flexibility index (Phi) is 3.76. The third-order valence-corrected chi connectivity index (χ3v) is 3.27. The molecule has 0 aliphatic heterocycles. The van der Waals surface area contributed by atoms with Crippen molar-refractivity contribution in [1.29, 1.82) is 0 Å². The molecule has 1 aromatic carbocycles. The summed E-state index contributed by atoms with van der Waals surface area (Å²) in [6.45, 7) is 0. The highest BCUT2D eigenvalue weighted by Gasteiger charge is 2.10. The van der Waals surface area contributed by atoms with Gasteiger partial charge in [0.05, 0.1) is 17.5 Å². The van der Waals surface area contributed by atoms with Crippen molar-refractivity contribution in [2.45, 2.75) is 0 Å². The number of benzene rings is 1. The number of amides is 1. The van der Waals surface area contributed by atoms with Crippen LogP contribution >= 0.6 is 11.6 Å². The van der Waals surface area contributed by atoms with Gasteiger partial charge in [0.25, 0.3) is 0 Å². The number of rotatable bonds is 3. The summed E-state index contributed by atoms with van der Waals surface area (Å²) >= 11 is 6.14. The van der Waals surface area contributed by atoms with Crippen molar-refractivity contribution >= 4 is 34.6 Å². The molecule has 0 saturated carbocycles. The fourth-order valence-corrected chi connectivity index (χ4v) is 2.20. The van der Waals surface area contributed by atoms with Crippen molar-refractivity contribution in [3.05, 3.63) is 59.1 Å². The highest BCUT2D eigenvalue weighted by Crippen LogP contribution is 2.31. The molecule has 0 spiro atoms. The van der Waals surface area contributed by atoms with Crippen LogP contribution in [0.5, 0.6) is 5.75 Å². The predicted octanol–water partition coefficient (Wildman–Crippen LogP) is 2.95. The normalized spacial score (nSPS) is 11.1. The van der Waals surface area contributed by atoms with Crippen LogP contribution < -0.4 is 5.43 Å². The fraction of sp³-hybridized carbons (Fsp3) is 0. The Labute approximate surface area is 130 Å². The van der Waals surface area contributed by atoms with Gasteiger partial charge in [-0.15, -0.1) is 0 Å². The lowest BCUT2D eigenvalue weighted by Crippen LogP contribution is -2.16. The van der Waals surface area contributed by atoms with E-state index in [0.717, 1.165) is 0 Å². The number of phenols is 1. The first-order valence-corrected chi connectivity index (χ1v) is 6.67. The number of nitrogens with one attached hydrogen (secondary N) is 1. The molecule has 0 saturated heterocycles. The van der Waals surface area contributed by atoms with Gasteiger partial charge in [0.15, 0.2) is 11.5 Å². The summed E-state index contributed by atoms with van der Waals surface area (Å²) in [6.07, 6.45) is 4.23. The number of furan rings is 1. The average molecular weight is 316 g/mol. The predicted molar refractivity (Wildman–Crippen MR) is 82.2 cm³/mol. The maximum absolute atomic E-state index is 11.6. The molecule has 0 unspecified atom stereocenters. The summed E-state index contributed by atoms with van der Waals surface area (Å²) < 4.78 is 4.93. The maximum atomic E-state index is 11.6. The number of nitrogens with zero attached hydrogens (tertiary/aromatic N) is 2. The van der Waals surface area contributed by atoms with E-state index in [1.54, 1.807) is 30.5 Å². The SMILES string of the molecule is O=C(N/N=C\c1cc(Cl)c2cccnc2c1O)c1ccco1. The summed E-state index contributed by atoms with van der Waals surface area (Å²) in [5.74, 6) is -0.415. The number of halogens is 1. The van der Waals surface area contributed by atoms with E-state index in [0.29, 0.717) is 21.5 Å².